The topological polar surface area (TPSA) is 24.5 Å². The summed E-state index contributed by atoms with van der Waals surface area (Å²) in [4.78, 5) is 2.52. The smallest absolute Gasteiger partial charge is 0.0462 e. The molecular weight excluding hydrogens is 152 g/mol. The first-order chi connectivity index (χ1) is 5.93. The van der Waals surface area contributed by atoms with Gasteiger partial charge in [-0.1, -0.05) is 0 Å². The largest absolute Gasteiger partial charge is 0.385 e. The fraction of sp³-hybridized carbons (Fsp3) is 1.00. The molecule has 1 aliphatic heterocycles. The van der Waals surface area contributed by atoms with Crippen LogP contribution < -0.4 is 5.32 Å². The number of ether oxygens (including phenoxy) is 1. The van der Waals surface area contributed by atoms with Crippen molar-refractivity contribution in [1.82, 2.24) is 10.2 Å². The summed E-state index contributed by atoms with van der Waals surface area (Å²) in [6, 6.07) is 0. The molecule has 0 atom stereocenters. The molecule has 0 aromatic heterocycles. The van der Waals surface area contributed by atoms with Crippen molar-refractivity contribution in [2.45, 2.75) is 12.8 Å². The first kappa shape index (κ1) is 9.96. The van der Waals surface area contributed by atoms with Crippen LogP contribution in [0.3, 0.4) is 0 Å². The highest BCUT2D eigenvalue weighted by atomic mass is 16.5. The van der Waals surface area contributed by atoms with Crippen molar-refractivity contribution in [3.05, 3.63) is 0 Å². The number of unbranched alkanes of at least 4 members (excludes halogenated alkanes) is 1. The standard InChI is InChI=1S/C9H20N2O/c1-12-9-3-2-6-11-7-4-10-5-8-11/h10H,2-9H2,1H3. The highest BCUT2D eigenvalue weighted by Crippen LogP contribution is 1.97. The normalized spacial score (nSPS) is 19.8. The van der Waals surface area contributed by atoms with Crippen LogP contribution >= 0.6 is 0 Å². The van der Waals surface area contributed by atoms with E-state index in [4.69, 9.17) is 4.74 Å². The summed E-state index contributed by atoms with van der Waals surface area (Å²) in [6.45, 7) is 6.89. The van der Waals surface area contributed by atoms with Gasteiger partial charge in [0.1, 0.15) is 0 Å². The lowest BCUT2D eigenvalue weighted by Gasteiger charge is -2.26. The molecule has 0 aromatic carbocycles. The van der Waals surface area contributed by atoms with Crippen molar-refractivity contribution in [3.8, 4) is 0 Å². The van der Waals surface area contributed by atoms with Crippen LogP contribution in [0, 0.1) is 0 Å². The van der Waals surface area contributed by atoms with Crippen molar-refractivity contribution in [3.63, 3.8) is 0 Å². The van der Waals surface area contributed by atoms with Gasteiger partial charge in [-0.05, 0) is 19.4 Å². The fourth-order valence-electron chi connectivity index (χ4n) is 1.52. The Bertz CT molecular complexity index is 103. The summed E-state index contributed by atoms with van der Waals surface area (Å²) in [5.74, 6) is 0. The van der Waals surface area contributed by atoms with Crippen LogP contribution in [0.4, 0.5) is 0 Å². The van der Waals surface area contributed by atoms with E-state index in [2.05, 4.69) is 10.2 Å². The number of hydrogen-bond donors (Lipinski definition) is 1. The van der Waals surface area contributed by atoms with Gasteiger partial charge in [0.05, 0.1) is 0 Å². The number of nitrogens with one attached hydrogen (secondary N) is 1. The lowest BCUT2D eigenvalue weighted by Crippen LogP contribution is -2.43. The highest BCUT2D eigenvalue weighted by molar-refractivity contribution is 4.66. The van der Waals surface area contributed by atoms with Crippen molar-refractivity contribution < 1.29 is 4.74 Å². The minimum absolute atomic E-state index is 0.909. The Labute approximate surface area is 75.1 Å². The van der Waals surface area contributed by atoms with Crippen molar-refractivity contribution >= 4 is 0 Å². The predicted molar refractivity (Wildman–Crippen MR) is 50.4 cm³/mol. The Morgan fingerprint density at radius 3 is 2.67 bits per heavy atom. The molecule has 1 fully saturated rings. The van der Waals surface area contributed by atoms with Crippen molar-refractivity contribution in [2.24, 2.45) is 0 Å². The van der Waals surface area contributed by atoms with Gasteiger partial charge in [0, 0.05) is 39.9 Å². The minimum atomic E-state index is 0.909. The minimum Gasteiger partial charge on any atom is -0.385 e. The van der Waals surface area contributed by atoms with Crippen LogP contribution in [0.25, 0.3) is 0 Å². The molecule has 0 amide bonds. The van der Waals surface area contributed by atoms with Gasteiger partial charge < -0.3 is 15.0 Å². The molecule has 0 aromatic rings. The third-order valence-electron chi connectivity index (χ3n) is 2.28. The molecule has 0 spiro atoms. The summed E-state index contributed by atoms with van der Waals surface area (Å²) < 4.78 is 5.00. The molecule has 1 saturated heterocycles. The maximum atomic E-state index is 5.00. The Morgan fingerprint density at radius 1 is 1.25 bits per heavy atom. The quantitative estimate of drug-likeness (QED) is 0.604. The average Bonchev–Trinajstić information content (AvgIpc) is 2.14. The summed E-state index contributed by atoms with van der Waals surface area (Å²) in [7, 11) is 1.77. The average molecular weight is 172 g/mol. The molecule has 0 radical (unpaired) electrons. The van der Waals surface area contributed by atoms with E-state index in [0.717, 1.165) is 19.7 Å². The Kier molecular flexibility index (Phi) is 5.32. The number of nitrogens with zero attached hydrogens (tertiary/aromatic N) is 1. The Morgan fingerprint density at radius 2 is 2.00 bits per heavy atom. The second kappa shape index (κ2) is 6.40. The van der Waals surface area contributed by atoms with E-state index in [9.17, 15) is 0 Å². The van der Waals surface area contributed by atoms with Crippen LogP contribution in [0.1, 0.15) is 12.8 Å². The molecule has 72 valence electrons. The van der Waals surface area contributed by atoms with Gasteiger partial charge in [-0.15, -0.1) is 0 Å². The first-order valence-electron chi connectivity index (χ1n) is 4.85. The van der Waals surface area contributed by atoms with Crippen LogP contribution in [0.2, 0.25) is 0 Å². The molecule has 1 rings (SSSR count). The summed E-state index contributed by atoms with van der Waals surface area (Å²) in [5, 5.41) is 3.35. The summed E-state index contributed by atoms with van der Waals surface area (Å²) in [5.41, 5.74) is 0. The molecule has 0 saturated carbocycles. The molecule has 0 unspecified atom stereocenters. The van der Waals surface area contributed by atoms with Crippen LogP contribution in [0.5, 0.6) is 0 Å². The van der Waals surface area contributed by atoms with Crippen LogP contribution in [-0.4, -0.2) is 51.3 Å². The van der Waals surface area contributed by atoms with Gasteiger partial charge >= 0.3 is 0 Å². The molecule has 3 heteroatoms. The molecule has 1 aliphatic rings. The zero-order valence-corrected chi connectivity index (χ0v) is 8.01. The monoisotopic (exact) mass is 172 g/mol. The van der Waals surface area contributed by atoms with Crippen LogP contribution in [-0.2, 0) is 4.74 Å². The molecule has 3 nitrogen and oxygen atoms in total. The van der Waals surface area contributed by atoms with E-state index in [1.54, 1.807) is 7.11 Å². The fourth-order valence-corrected chi connectivity index (χ4v) is 1.52. The Hall–Kier alpha value is -0.120. The number of rotatable bonds is 5. The zero-order valence-electron chi connectivity index (χ0n) is 8.01. The van der Waals surface area contributed by atoms with Gasteiger partial charge in [-0.3, -0.25) is 0 Å². The van der Waals surface area contributed by atoms with E-state index in [-0.39, 0.29) is 0 Å². The van der Waals surface area contributed by atoms with Crippen molar-refractivity contribution in [2.75, 3.05) is 46.4 Å². The lowest BCUT2D eigenvalue weighted by molar-refractivity contribution is 0.180. The van der Waals surface area contributed by atoms with E-state index in [1.165, 1.54) is 32.5 Å². The lowest BCUT2D eigenvalue weighted by atomic mass is 10.3. The Balaban J connectivity index is 1.91. The second-order valence-corrected chi connectivity index (χ2v) is 3.29. The third-order valence-corrected chi connectivity index (χ3v) is 2.28. The first-order valence-corrected chi connectivity index (χ1v) is 4.85. The third kappa shape index (κ3) is 4.04. The van der Waals surface area contributed by atoms with E-state index >= 15 is 0 Å². The summed E-state index contributed by atoms with van der Waals surface area (Å²) in [6.07, 6.45) is 2.47. The van der Waals surface area contributed by atoms with Crippen molar-refractivity contribution in [1.29, 1.82) is 0 Å². The van der Waals surface area contributed by atoms with E-state index in [0.29, 0.717) is 0 Å². The SMILES string of the molecule is COCCCCN1CCNCC1. The van der Waals surface area contributed by atoms with Gasteiger partial charge in [0.15, 0.2) is 0 Å². The van der Waals surface area contributed by atoms with Crippen LogP contribution in [0.15, 0.2) is 0 Å². The molecule has 1 heterocycles. The highest BCUT2D eigenvalue weighted by Gasteiger charge is 2.07. The zero-order chi connectivity index (χ0) is 8.65. The van der Waals surface area contributed by atoms with Gasteiger partial charge in [0.25, 0.3) is 0 Å². The van der Waals surface area contributed by atoms with Gasteiger partial charge in [0.2, 0.25) is 0 Å². The maximum absolute atomic E-state index is 5.00. The number of piperazine rings is 1. The maximum Gasteiger partial charge on any atom is 0.0462 e. The summed E-state index contributed by atoms with van der Waals surface area (Å²) >= 11 is 0. The molecule has 0 aliphatic carbocycles. The predicted octanol–water partition coefficient (Wildman–Crippen LogP) is 0.318. The molecule has 12 heavy (non-hydrogen) atoms. The van der Waals surface area contributed by atoms with E-state index < -0.39 is 0 Å². The van der Waals surface area contributed by atoms with Gasteiger partial charge in [-0.2, -0.15) is 0 Å². The molecule has 1 N–H and O–H groups in total. The molecule has 0 bridgehead atoms. The molecular formula is C9H20N2O. The second-order valence-electron chi connectivity index (χ2n) is 3.29. The van der Waals surface area contributed by atoms with E-state index in [1.807, 2.05) is 0 Å². The van der Waals surface area contributed by atoms with Gasteiger partial charge in [-0.25, -0.2) is 0 Å². The number of hydrogen-bond acceptors (Lipinski definition) is 3. The number of methoxy groups -OCH3 is 1.